The molecule has 152 valence electrons. The summed E-state index contributed by atoms with van der Waals surface area (Å²) in [6.07, 6.45) is -0.382. The highest BCUT2D eigenvalue weighted by Gasteiger charge is 2.50. The van der Waals surface area contributed by atoms with Gasteiger partial charge in [0.2, 0.25) is 5.91 Å². The van der Waals surface area contributed by atoms with Crippen molar-refractivity contribution in [3.05, 3.63) is 58.0 Å². The van der Waals surface area contributed by atoms with Crippen molar-refractivity contribution in [3.63, 3.8) is 0 Å². The number of ether oxygens (including phenoxy) is 1. The summed E-state index contributed by atoms with van der Waals surface area (Å²) >= 11 is 1.43. The number of thiophene rings is 1. The van der Waals surface area contributed by atoms with Crippen molar-refractivity contribution < 1.29 is 23.5 Å². The molecule has 0 bridgehead atoms. The Kier molecular flexibility index (Phi) is 5.10. The highest BCUT2D eigenvalue weighted by molar-refractivity contribution is 7.08. The van der Waals surface area contributed by atoms with E-state index >= 15 is 0 Å². The molecule has 29 heavy (non-hydrogen) atoms. The van der Waals surface area contributed by atoms with E-state index in [0.29, 0.717) is 18.7 Å². The average Bonchev–Trinajstić information content (AvgIpc) is 3.33. The van der Waals surface area contributed by atoms with Gasteiger partial charge in [0.15, 0.2) is 0 Å². The van der Waals surface area contributed by atoms with Crippen LogP contribution < -0.4 is 5.32 Å². The summed E-state index contributed by atoms with van der Waals surface area (Å²) in [5.41, 5.74) is 0.293. The highest BCUT2D eigenvalue weighted by Crippen LogP contribution is 2.30. The van der Waals surface area contributed by atoms with E-state index in [-0.39, 0.29) is 30.9 Å². The molecule has 2 aromatic rings. The van der Waals surface area contributed by atoms with Gasteiger partial charge in [0.05, 0.1) is 13.2 Å². The Labute approximate surface area is 171 Å². The molecule has 3 heterocycles. The number of rotatable bonds is 4. The van der Waals surface area contributed by atoms with Crippen LogP contribution in [-0.4, -0.2) is 53.9 Å². The number of urea groups is 1. The number of nitrogens with one attached hydrogen (secondary N) is 1. The Morgan fingerprint density at radius 2 is 2.07 bits per heavy atom. The van der Waals surface area contributed by atoms with Gasteiger partial charge in [0.25, 0.3) is 5.91 Å². The molecule has 2 aliphatic rings. The molecule has 1 N–H and O–H groups in total. The van der Waals surface area contributed by atoms with E-state index in [1.807, 2.05) is 5.38 Å². The number of benzene rings is 1. The monoisotopic (exact) mass is 417 g/mol. The largest absolute Gasteiger partial charge is 0.370 e. The van der Waals surface area contributed by atoms with Gasteiger partial charge in [0.1, 0.15) is 24.0 Å². The van der Waals surface area contributed by atoms with Crippen molar-refractivity contribution in [1.29, 1.82) is 0 Å². The number of imide groups is 1. The SMILES string of the molecule is CC1(c2ccsc2)NC(=O)N(CC(=O)N2CCOC(c3ccc(F)cc3)C2)C1=O. The molecule has 4 amide bonds. The van der Waals surface area contributed by atoms with Crippen LogP contribution in [0.1, 0.15) is 24.2 Å². The van der Waals surface area contributed by atoms with Gasteiger partial charge in [-0.25, -0.2) is 9.18 Å². The fraction of sp³-hybridized carbons (Fsp3) is 0.350. The second kappa shape index (κ2) is 7.57. The van der Waals surface area contributed by atoms with Crippen LogP contribution in [0.5, 0.6) is 0 Å². The Hall–Kier alpha value is -2.78. The molecule has 2 atom stereocenters. The Morgan fingerprint density at radius 3 is 2.76 bits per heavy atom. The molecule has 2 unspecified atom stereocenters. The molecule has 0 saturated carbocycles. The normalized spacial score (nSPS) is 24.7. The molecule has 0 radical (unpaired) electrons. The fourth-order valence-corrected chi connectivity index (χ4v) is 4.34. The zero-order chi connectivity index (χ0) is 20.6. The second-order valence-electron chi connectivity index (χ2n) is 7.21. The molecule has 9 heteroatoms. The zero-order valence-corrected chi connectivity index (χ0v) is 16.6. The first-order valence-corrected chi connectivity index (χ1v) is 10.1. The van der Waals surface area contributed by atoms with Gasteiger partial charge in [-0.15, -0.1) is 0 Å². The smallest absolute Gasteiger partial charge is 0.325 e. The summed E-state index contributed by atoms with van der Waals surface area (Å²) in [5.74, 6) is -1.12. The lowest BCUT2D eigenvalue weighted by atomic mass is 9.95. The zero-order valence-electron chi connectivity index (χ0n) is 15.8. The van der Waals surface area contributed by atoms with E-state index in [1.54, 1.807) is 35.4 Å². The van der Waals surface area contributed by atoms with Crippen LogP contribution in [0.3, 0.4) is 0 Å². The van der Waals surface area contributed by atoms with Crippen LogP contribution in [0.4, 0.5) is 9.18 Å². The third-order valence-corrected chi connectivity index (χ3v) is 6.01. The molecule has 0 spiro atoms. The molecule has 2 saturated heterocycles. The van der Waals surface area contributed by atoms with Crippen molar-refractivity contribution >= 4 is 29.2 Å². The van der Waals surface area contributed by atoms with Crippen LogP contribution in [0, 0.1) is 5.82 Å². The van der Waals surface area contributed by atoms with Gasteiger partial charge in [-0.05, 0) is 47.0 Å². The summed E-state index contributed by atoms with van der Waals surface area (Å²) in [6.45, 7) is 2.26. The van der Waals surface area contributed by atoms with Gasteiger partial charge in [-0.3, -0.25) is 14.5 Å². The maximum absolute atomic E-state index is 13.1. The number of morpholine rings is 1. The summed E-state index contributed by atoms with van der Waals surface area (Å²) < 4.78 is 18.8. The molecular weight excluding hydrogens is 397 g/mol. The number of carbonyl (C=O) groups is 3. The minimum Gasteiger partial charge on any atom is -0.370 e. The first-order valence-electron chi connectivity index (χ1n) is 9.20. The molecular formula is C20H20FN3O4S. The molecule has 4 rings (SSSR count). The molecule has 0 aliphatic carbocycles. The van der Waals surface area contributed by atoms with E-state index in [0.717, 1.165) is 10.5 Å². The molecule has 7 nitrogen and oxygen atoms in total. The summed E-state index contributed by atoms with van der Waals surface area (Å²) in [4.78, 5) is 40.6. The van der Waals surface area contributed by atoms with Crippen molar-refractivity contribution in [1.82, 2.24) is 15.1 Å². The predicted octanol–water partition coefficient (Wildman–Crippen LogP) is 2.25. The Bertz CT molecular complexity index is 934. The van der Waals surface area contributed by atoms with Gasteiger partial charge in [-0.1, -0.05) is 12.1 Å². The first-order chi connectivity index (χ1) is 13.9. The van der Waals surface area contributed by atoms with E-state index in [9.17, 15) is 18.8 Å². The number of hydrogen-bond donors (Lipinski definition) is 1. The number of hydrogen-bond acceptors (Lipinski definition) is 5. The highest BCUT2D eigenvalue weighted by atomic mass is 32.1. The van der Waals surface area contributed by atoms with Crippen LogP contribution >= 0.6 is 11.3 Å². The Balaban J connectivity index is 1.44. The number of halogens is 1. The first kappa shape index (κ1) is 19.5. The number of amides is 4. The molecule has 2 fully saturated rings. The lowest BCUT2D eigenvalue weighted by molar-refractivity contribution is -0.143. The topological polar surface area (TPSA) is 79.0 Å². The van der Waals surface area contributed by atoms with Crippen molar-refractivity contribution in [3.8, 4) is 0 Å². The summed E-state index contributed by atoms with van der Waals surface area (Å²) in [7, 11) is 0. The predicted molar refractivity (Wildman–Crippen MR) is 104 cm³/mol. The van der Waals surface area contributed by atoms with Crippen molar-refractivity contribution in [2.75, 3.05) is 26.2 Å². The average molecular weight is 417 g/mol. The summed E-state index contributed by atoms with van der Waals surface area (Å²) in [6, 6.07) is 7.13. The van der Waals surface area contributed by atoms with E-state index in [1.165, 1.54) is 23.5 Å². The van der Waals surface area contributed by atoms with E-state index < -0.39 is 17.5 Å². The van der Waals surface area contributed by atoms with Gasteiger partial charge in [0, 0.05) is 6.54 Å². The third-order valence-electron chi connectivity index (χ3n) is 5.33. The summed E-state index contributed by atoms with van der Waals surface area (Å²) in [5, 5.41) is 6.33. The number of nitrogens with zero attached hydrogens (tertiary/aromatic N) is 2. The lowest BCUT2D eigenvalue weighted by Crippen LogP contribution is -2.48. The van der Waals surface area contributed by atoms with Crippen LogP contribution in [0.15, 0.2) is 41.1 Å². The van der Waals surface area contributed by atoms with E-state index in [2.05, 4.69) is 5.32 Å². The van der Waals surface area contributed by atoms with Crippen LogP contribution in [-0.2, 0) is 19.9 Å². The van der Waals surface area contributed by atoms with Gasteiger partial charge in [-0.2, -0.15) is 11.3 Å². The minimum absolute atomic E-state index is 0.274. The van der Waals surface area contributed by atoms with Crippen LogP contribution in [0.2, 0.25) is 0 Å². The molecule has 1 aromatic heterocycles. The minimum atomic E-state index is -1.17. The number of carbonyl (C=O) groups excluding carboxylic acids is 3. The fourth-order valence-electron chi connectivity index (χ4n) is 3.58. The van der Waals surface area contributed by atoms with Crippen molar-refractivity contribution in [2.45, 2.75) is 18.6 Å². The van der Waals surface area contributed by atoms with Crippen molar-refractivity contribution in [2.24, 2.45) is 0 Å². The quantitative estimate of drug-likeness (QED) is 0.774. The maximum Gasteiger partial charge on any atom is 0.325 e. The van der Waals surface area contributed by atoms with Gasteiger partial charge < -0.3 is 15.0 Å². The second-order valence-corrected chi connectivity index (χ2v) is 7.99. The van der Waals surface area contributed by atoms with E-state index in [4.69, 9.17) is 4.74 Å². The van der Waals surface area contributed by atoms with Gasteiger partial charge >= 0.3 is 6.03 Å². The standard InChI is InChI=1S/C20H20FN3O4S/c1-20(14-6-9-29-12-14)18(26)24(19(27)22-20)11-17(25)23-7-8-28-16(10-23)13-2-4-15(21)5-3-13/h2-6,9,12,16H,7-8,10-11H2,1H3,(H,22,27). The van der Waals surface area contributed by atoms with Crippen LogP contribution in [0.25, 0.3) is 0 Å². The third kappa shape index (κ3) is 3.63. The molecule has 1 aromatic carbocycles. The molecule has 2 aliphatic heterocycles. The maximum atomic E-state index is 13.1. The Morgan fingerprint density at radius 1 is 1.31 bits per heavy atom. The lowest BCUT2D eigenvalue weighted by Gasteiger charge is -2.34.